The van der Waals surface area contributed by atoms with Crippen LogP contribution in [0.5, 0.6) is 0 Å². The van der Waals surface area contributed by atoms with Gasteiger partial charge in [-0.3, -0.25) is 4.99 Å². The van der Waals surface area contributed by atoms with Gasteiger partial charge in [-0.05, 0) is 59.3 Å². The lowest BCUT2D eigenvalue weighted by atomic mass is 9.93. The molecule has 1 unspecified atom stereocenters. The molecule has 0 aromatic heterocycles. The number of carbonyl (C=O) groups excluding carboxylic acids is 1. The highest BCUT2D eigenvalue weighted by atomic mass is 16.6. The Morgan fingerprint density at radius 3 is 2.35 bits per heavy atom. The van der Waals surface area contributed by atoms with E-state index >= 15 is 0 Å². The number of hydrogen-bond acceptors (Lipinski definition) is 4. The maximum absolute atomic E-state index is 12.1. The molecule has 1 aliphatic carbocycles. The smallest absolute Gasteiger partial charge is 0.407 e. The monoisotopic (exact) mass is 370 g/mol. The highest BCUT2D eigenvalue weighted by Gasteiger charge is 2.22. The van der Waals surface area contributed by atoms with Crippen molar-refractivity contribution in [3.63, 3.8) is 0 Å². The van der Waals surface area contributed by atoms with Crippen LogP contribution in [-0.2, 0) is 4.74 Å². The molecule has 4 N–H and O–H groups in total. The summed E-state index contributed by atoms with van der Waals surface area (Å²) < 4.78 is 5.35. The van der Waals surface area contributed by atoms with Gasteiger partial charge in [-0.25, -0.2) is 4.79 Å². The second-order valence-corrected chi connectivity index (χ2v) is 8.37. The zero-order valence-corrected chi connectivity index (χ0v) is 17.3. The number of ether oxygens (including phenoxy) is 1. The normalized spacial score (nSPS) is 22.7. The second kappa shape index (κ2) is 10.6. The third kappa shape index (κ3) is 9.27. The molecule has 1 atom stereocenters. The molecule has 0 saturated heterocycles. The number of aliphatic hydroxyl groups excluding tert-OH is 1. The summed E-state index contributed by atoms with van der Waals surface area (Å²) >= 11 is 0. The Morgan fingerprint density at radius 1 is 1.23 bits per heavy atom. The fourth-order valence-corrected chi connectivity index (χ4v) is 2.81. The molecule has 152 valence electrons. The van der Waals surface area contributed by atoms with Crippen molar-refractivity contribution >= 4 is 12.1 Å². The summed E-state index contributed by atoms with van der Waals surface area (Å²) in [5.41, 5.74) is -0.517. The molecule has 0 aromatic carbocycles. The van der Waals surface area contributed by atoms with Gasteiger partial charge in [-0.15, -0.1) is 0 Å². The number of guanidine groups is 1. The highest BCUT2D eigenvalue weighted by molar-refractivity contribution is 5.80. The molecule has 1 rings (SSSR count). The SMILES string of the molecule is CCNC(=NCC(NC(=O)OC(C)(C)C)C(C)C)NC1CCC(O)CC1. The lowest BCUT2D eigenvalue weighted by Gasteiger charge is -2.28. The predicted octanol–water partition coefficient (Wildman–Crippen LogP) is 2.39. The number of rotatable bonds is 6. The van der Waals surface area contributed by atoms with E-state index in [0.717, 1.165) is 38.2 Å². The molecule has 0 radical (unpaired) electrons. The van der Waals surface area contributed by atoms with Crippen LogP contribution in [0.25, 0.3) is 0 Å². The number of nitrogens with one attached hydrogen (secondary N) is 3. The van der Waals surface area contributed by atoms with E-state index < -0.39 is 11.7 Å². The standard InChI is InChI=1S/C19H38N4O3/c1-7-20-17(22-14-8-10-15(24)11-9-14)21-12-16(13(2)3)23-18(25)26-19(4,5)6/h13-16,24H,7-12H2,1-6H3,(H,23,25)(H2,20,21,22). The van der Waals surface area contributed by atoms with Gasteiger partial charge in [0.1, 0.15) is 5.60 Å². The quantitative estimate of drug-likeness (QED) is 0.425. The van der Waals surface area contributed by atoms with Crippen molar-refractivity contribution in [2.24, 2.45) is 10.9 Å². The molecule has 1 fully saturated rings. The van der Waals surface area contributed by atoms with Gasteiger partial charge >= 0.3 is 6.09 Å². The molecular formula is C19H38N4O3. The molecule has 7 nitrogen and oxygen atoms in total. The fourth-order valence-electron chi connectivity index (χ4n) is 2.81. The lowest BCUT2D eigenvalue weighted by Crippen LogP contribution is -2.47. The molecule has 7 heteroatoms. The number of hydrogen-bond donors (Lipinski definition) is 4. The third-order valence-corrected chi connectivity index (χ3v) is 4.33. The highest BCUT2D eigenvalue weighted by Crippen LogP contribution is 2.18. The number of amides is 1. The molecule has 1 amide bonds. The van der Waals surface area contributed by atoms with E-state index in [2.05, 4.69) is 34.8 Å². The second-order valence-electron chi connectivity index (χ2n) is 8.37. The third-order valence-electron chi connectivity index (χ3n) is 4.33. The van der Waals surface area contributed by atoms with E-state index in [1.165, 1.54) is 0 Å². The Kier molecular flexibility index (Phi) is 9.19. The topological polar surface area (TPSA) is 95.0 Å². The number of alkyl carbamates (subject to hydrolysis) is 1. The molecule has 0 heterocycles. The molecule has 0 aliphatic heterocycles. The zero-order valence-electron chi connectivity index (χ0n) is 17.3. The largest absolute Gasteiger partial charge is 0.444 e. The molecule has 0 aromatic rings. The summed E-state index contributed by atoms with van der Waals surface area (Å²) in [6, 6.07) is 0.223. The van der Waals surface area contributed by atoms with Gasteiger partial charge < -0.3 is 25.8 Å². The van der Waals surface area contributed by atoms with E-state index in [9.17, 15) is 9.90 Å². The Labute approximate surface area is 158 Å². The summed E-state index contributed by atoms with van der Waals surface area (Å²) in [5, 5.41) is 19.3. The fraction of sp³-hybridized carbons (Fsp3) is 0.895. The van der Waals surface area contributed by atoms with Gasteiger partial charge in [0.2, 0.25) is 0 Å². The van der Waals surface area contributed by atoms with Crippen LogP contribution in [-0.4, -0.2) is 54.0 Å². The van der Waals surface area contributed by atoms with Crippen LogP contribution in [0.15, 0.2) is 4.99 Å². The Balaban J connectivity index is 2.63. The Bertz CT molecular complexity index is 452. The van der Waals surface area contributed by atoms with Crippen LogP contribution in [0.3, 0.4) is 0 Å². The van der Waals surface area contributed by atoms with Gasteiger partial charge in [0.05, 0.1) is 18.7 Å². The van der Waals surface area contributed by atoms with Gasteiger partial charge in [0, 0.05) is 12.6 Å². The van der Waals surface area contributed by atoms with Crippen LogP contribution >= 0.6 is 0 Å². The first-order valence-corrected chi connectivity index (χ1v) is 9.83. The summed E-state index contributed by atoms with van der Waals surface area (Å²) in [4.78, 5) is 16.7. The van der Waals surface area contributed by atoms with Crippen LogP contribution in [0, 0.1) is 5.92 Å². The number of nitrogens with zero attached hydrogens (tertiary/aromatic N) is 1. The first kappa shape index (κ1) is 22.5. The van der Waals surface area contributed by atoms with Gasteiger partial charge in [-0.2, -0.15) is 0 Å². The summed E-state index contributed by atoms with van der Waals surface area (Å²) in [6.07, 6.45) is 2.95. The number of carbonyl (C=O) groups is 1. The maximum atomic E-state index is 12.1. The van der Waals surface area contributed by atoms with Crippen molar-refractivity contribution in [1.29, 1.82) is 0 Å². The predicted molar refractivity (Wildman–Crippen MR) is 105 cm³/mol. The first-order valence-electron chi connectivity index (χ1n) is 9.83. The van der Waals surface area contributed by atoms with E-state index in [4.69, 9.17) is 4.74 Å². The van der Waals surface area contributed by atoms with Crippen molar-refractivity contribution < 1.29 is 14.6 Å². The molecule has 1 saturated carbocycles. The summed E-state index contributed by atoms with van der Waals surface area (Å²) in [5.74, 6) is 0.990. The summed E-state index contributed by atoms with van der Waals surface area (Å²) in [6.45, 7) is 12.9. The van der Waals surface area contributed by atoms with E-state index in [-0.39, 0.29) is 18.1 Å². The van der Waals surface area contributed by atoms with Gasteiger partial charge in [0.15, 0.2) is 5.96 Å². The van der Waals surface area contributed by atoms with E-state index in [1.807, 2.05) is 27.7 Å². The average Bonchev–Trinajstić information content (AvgIpc) is 2.51. The zero-order chi connectivity index (χ0) is 19.7. The van der Waals surface area contributed by atoms with Crippen molar-refractivity contribution in [3.8, 4) is 0 Å². The molecule has 0 bridgehead atoms. The minimum atomic E-state index is -0.517. The first-order chi connectivity index (χ1) is 12.1. The summed E-state index contributed by atoms with van der Waals surface area (Å²) in [7, 11) is 0. The molecule has 0 spiro atoms. The van der Waals surface area contributed by atoms with Crippen LogP contribution < -0.4 is 16.0 Å². The molecule has 26 heavy (non-hydrogen) atoms. The maximum Gasteiger partial charge on any atom is 0.407 e. The lowest BCUT2D eigenvalue weighted by molar-refractivity contribution is 0.0493. The van der Waals surface area contributed by atoms with Crippen molar-refractivity contribution in [1.82, 2.24) is 16.0 Å². The molecule has 1 aliphatic rings. The minimum absolute atomic E-state index is 0.103. The van der Waals surface area contributed by atoms with Crippen molar-refractivity contribution in [3.05, 3.63) is 0 Å². The van der Waals surface area contributed by atoms with Crippen molar-refractivity contribution in [2.45, 2.75) is 91.0 Å². The Hall–Kier alpha value is -1.50. The van der Waals surface area contributed by atoms with Gasteiger partial charge in [-0.1, -0.05) is 13.8 Å². The van der Waals surface area contributed by atoms with Crippen LogP contribution in [0.2, 0.25) is 0 Å². The molecular weight excluding hydrogens is 332 g/mol. The van der Waals surface area contributed by atoms with Crippen LogP contribution in [0.1, 0.15) is 67.2 Å². The van der Waals surface area contributed by atoms with Crippen LogP contribution in [0.4, 0.5) is 4.79 Å². The number of aliphatic hydroxyl groups is 1. The van der Waals surface area contributed by atoms with E-state index in [0.29, 0.717) is 12.6 Å². The van der Waals surface area contributed by atoms with Gasteiger partial charge in [0.25, 0.3) is 0 Å². The Morgan fingerprint density at radius 2 is 1.85 bits per heavy atom. The van der Waals surface area contributed by atoms with Crippen molar-refractivity contribution in [2.75, 3.05) is 13.1 Å². The van der Waals surface area contributed by atoms with E-state index in [1.54, 1.807) is 0 Å². The average molecular weight is 371 g/mol. The number of aliphatic imine (C=N–C) groups is 1. The minimum Gasteiger partial charge on any atom is -0.444 e.